The Morgan fingerprint density at radius 2 is 0.933 bits per heavy atom. The van der Waals surface area contributed by atoms with Crippen molar-refractivity contribution >= 4 is 0 Å². The molecule has 0 saturated heterocycles. The summed E-state index contributed by atoms with van der Waals surface area (Å²) in [5, 5.41) is 0. The van der Waals surface area contributed by atoms with Crippen molar-refractivity contribution in [3.63, 3.8) is 0 Å². The van der Waals surface area contributed by atoms with E-state index in [1.165, 1.54) is 0 Å². The number of hydrogen-bond acceptors (Lipinski definition) is 0. The maximum Gasteiger partial charge on any atom is 0.200 e. The Bertz CT molecular complexity index is 271. The summed E-state index contributed by atoms with van der Waals surface area (Å²) in [6, 6.07) is -0.0618. The Morgan fingerprint density at radius 1 is 0.667 bits per heavy atom. The average molecular weight is 232 g/mol. The summed E-state index contributed by atoms with van der Waals surface area (Å²) in [6.07, 6.45) is 0. The van der Waals surface area contributed by atoms with Gasteiger partial charge in [-0.1, -0.05) is 13.8 Å². The van der Waals surface area contributed by atoms with Gasteiger partial charge in [-0.3, -0.25) is 4.39 Å². The normalized spacial score (nSPS) is 8.33. The van der Waals surface area contributed by atoms with E-state index >= 15 is 0 Å². The minimum Gasteiger partial charge on any atom is -0.255 e. The van der Waals surface area contributed by atoms with Crippen LogP contribution in [0.15, 0.2) is 6.07 Å². The van der Waals surface area contributed by atoms with E-state index < -0.39 is 29.1 Å². The third kappa shape index (κ3) is 4.22. The van der Waals surface area contributed by atoms with Crippen molar-refractivity contribution in [3.8, 4) is 0 Å². The van der Waals surface area contributed by atoms with Crippen molar-refractivity contribution < 1.29 is 26.3 Å². The Morgan fingerprint density at radius 3 is 1.20 bits per heavy atom. The van der Waals surface area contributed by atoms with Crippen molar-refractivity contribution in [2.75, 3.05) is 7.18 Å². The molecule has 1 rings (SSSR count). The monoisotopic (exact) mass is 232 g/mol. The van der Waals surface area contributed by atoms with E-state index in [1.54, 1.807) is 0 Å². The lowest BCUT2D eigenvalue weighted by Gasteiger charge is -1.96. The Kier molecular flexibility index (Phi) is 8.81. The zero-order valence-corrected chi connectivity index (χ0v) is 8.35. The van der Waals surface area contributed by atoms with Gasteiger partial charge in [0.05, 0.1) is 7.18 Å². The Balaban J connectivity index is 0. The van der Waals surface area contributed by atoms with Crippen LogP contribution < -0.4 is 0 Å². The molecule has 0 aliphatic carbocycles. The predicted octanol–water partition coefficient (Wildman–Crippen LogP) is 3.99. The van der Waals surface area contributed by atoms with Gasteiger partial charge in [0, 0.05) is 6.07 Å². The van der Waals surface area contributed by atoms with E-state index in [0.717, 1.165) is 0 Å². The SMILES string of the molecule is CC.CF.Fc1cc(F)c(F)c(F)c1F. The Labute approximate surface area is 83.5 Å². The largest absolute Gasteiger partial charge is 0.255 e. The highest BCUT2D eigenvalue weighted by molar-refractivity contribution is 5.12. The standard InChI is InChI=1S/C6HF5.C2H6.CH3F/c7-2-1-3(8)5(10)6(11)4(2)9;2*1-2/h1H;1-2H3;1H3. The van der Waals surface area contributed by atoms with Gasteiger partial charge in [0.25, 0.3) is 0 Å². The fraction of sp³-hybridized carbons (Fsp3) is 0.333. The lowest BCUT2D eigenvalue weighted by Crippen LogP contribution is -1.98. The number of benzene rings is 1. The third-order valence-electron chi connectivity index (χ3n) is 1.06. The molecule has 6 heteroatoms. The zero-order chi connectivity index (χ0) is 12.6. The molecule has 0 bridgehead atoms. The molecule has 1 aromatic carbocycles. The number of alkyl halides is 1. The number of hydrogen-bond donors (Lipinski definition) is 0. The molecule has 0 fully saturated rings. The highest BCUT2D eigenvalue weighted by atomic mass is 19.2. The summed E-state index contributed by atoms with van der Waals surface area (Å²) in [7, 11) is 0.500. The van der Waals surface area contributed by atoms with Gasteiger partial charge < -0.3 is 0 Å². The van der Waals surface area contributed by atoms with Crippen LogP contribution in [0, 0.1) is 29.1 Å². The van der Waals surface area contributed by atoms with E-state index in [9.17, 15) is 26.3 Å². The minimum atomic E-state index is -2.14. The molecule has 0 heterocycles. The van der Waals surface area contributed by atoms with Gasteiger partial charge in [-0.15, -0.1) is 0 Å². The Hall–Kier alpha value is -1.20. The van der Waals surface area contributed by atoms with Gasteiger partial charge in [0.15, 0.2) is 23.3 Å². The molecule has 1 aromatic rings. The van der Waals surface area contributed by atoms with Crippen LogP contribution in [0.5, 0.6) is 0 Å². The fourth-order valence-electron chi connectivity index (χ4n) is 0.544. The highest BCUT2D eigenvalue weighted by Gasteiger charge is 2.18. The molecular weight excluding hydrogens is 222 g/mol. The van der Waals surface area contributed by atoms with Crippen LogP contribution in [0.1, 0.15) is 13.8 Å². The summed E-state index contributed by atoms with van der Waals surface area (Å²) in [4.78, 5) is 0. The molecule has 0 aliphatic heterocycles. The van der Waals surface area contributed by atoms with E-state index in [4.69, 9.17) is 0 Å². The second-order valence-corrected chi connectivity index (χ2v) is 1.78. The maximum atomic E-state index is 12.0. The van der Waals surface area contributed by atoms with E-state index in [0.29, 0.717) is 7.18 Å². The molecule has 0 atom stereocenters. The minimum absolute atomic E-state index is 0.0618. The second kappa shape index (κ2) is 8.14. The lowest BCUT2D eigenvalue weighted by molar-refractivity contribution is 0.378. The first kappa shape index (κ1) is 16.2. The van der Waals surface area contributed by atoms with Gasteiger partial charge in [-0.05, 0) is 0 Å². The molecule has 0 aromatic heterocycles. The fourth-order valence-corrected chi connectivity index (χ4v) is 0.544. The molecule has 0 saturated carbocycles. The molecule has 0 aliphatic rings. The molecule has 0 amide bonds. The lowest BCUT2D eigenvalue weighted by atomic mass is 10.3. The average Bonchev–Trinajstić information content (AvgIpc) is 2.29. The molecule has 0 N–H and O–H groups in total. The quantitative estimate of drug-likeness (QED) is 0.360. The van der Waals surface area contributed by atoms with Crippen LogP contribution in [0.2, 0.25) is 0 Å². The molecule has 0 nitrogen and oxygen atoms in total. The molecular formula is C9H10F6. The van der Waals surface area contributed by atoms with Crippen molar-refractivity contribution in [3.05, 3.63) is 35.2 Å². The van der Waals surface area contributed by atoms with Gasteiger partial charge in [-0.25, -0.2) is 22.0 Å². The van der Waals surface area contributed by atoms with E-state index in [1.807, 2.05) is 13.8 Å². The first-order valence-electron chi connectivity index (χ1n) is 3.90. The summed E-state index contributed by atoms with van der Waals surface area (Å²) < 4.78 is 69.5. The van der Waals surface area contributed by atoms with Crippen LogP contribution in [0.4, 0.5) is 26.3 Å². The van der Waals surface area contributed by atoms with Crippen LogP contribution in [-0.2, 0) is 0 Å². The van der Waals surface area contributed by atoms with E-state index in [2.05, 4.69) is 0 Å². The third-order valence-corrected chi connectivity index (χ3v) is 1.06. The number of rotatable bonds is 0. The number of halogens is 6. The molecule has 0 unspecified atom stereocenters. The predicted molar refractivity (Wildman–Crippen MR) is 44.6 cm³/mol. The van der Waals surface area contributed by atoms with Crippen LogP contribution >= 0.6 is 0 Å². The topological polar surface area (TPSA) is 0 Å². The van der Waals surface area contributed by atoms with Crippen molar-refractivity contribution in [2.24, 2.45) is 0 Å². The van der Waals surface area contributed by atoms with Crippen molar-refractivity contribution in [1.29, 1.82) is 0 Å². The molecule has 88 valence electrons. The highest BCUT2D eigenvalue weighted by Crippen LogP contribution is 2.16. The maximum absolute atomic E-state index is 12.0. The molecule has 0 radical (unpaired) electrons. The summed E-state index contributed by atoms with van der Waals surface area (Å²) in [5.41, 5.74) is 0. The summed E-state index contributed by atoms with van der Waals surface area (Å²) >= 11 is 0. The van der Waals surface area contributed by atoms with Crippen molar-refractivity contribution in [1.82, 2.24) is 0 Å². The van der Waals surface area contributed by atoms with Gasteiger partial charge >= 0.3 is 0 Å². The smallest absolute Gasteiger partial charge is 0.200 e. The van der Waals surface area contributed by atoms with Gasteiger partial charge in [-0.2, -0.15) is 0 Å². The van der Waals surface area contributed by atoms with Crippen LogP contribution in [-0.4, -0.2) is 7.18 Å². The summed E-state index contributed by atoms with van der Waals surface area (Å²) in [6.45, 7) is 4.00. The van der Waals surface area contributed by atoms with Crippen LogP contribution in [0.25, 0.3) is 0 Å². The zero-order valence-electron chi connectivity index (χ0n) is 8.35. The first-order chi connectivity index (χ1) is 7.04. The molecule has 15 heavy (non-hydrogen) atoms. The van der Waals surface area contributed by atoms with Crippen LogP contribution in [0.3, 0.4) is 0 Å². The summed E-state index contributed by atoms with van der Waals surface area (Å²) in [5.74, 6) is -9.65. The van der Waals surface area contributed by atoms with Gasteiger partial charge in [0.1, 0.15) is 0 Å². The van der Waals surface area contributed by atoms with Gasteiger partial charge in [0.2, 0.25) is 5.82 Å². The molecule has 0 spiro atoms. The first-order valence-corrected chi connectivity index (χ1v) is 3.90. The second-order valence-electron chi connectivity index (χ2n) is 1.78. The van der Waals surface area contributed by atoms with Crippen molar-refractivity contribution in [2.45, 2.75) is 13.8 Å². The van der Waals surface area contributed by atoms with E-state index in [-0.39, 0.29) is 6.07 Å².